The summed E-state index contributed by atoms with van der Waals surface area (Å²) in [6.45, 7) is 4.62. The summed E-state index contributed by atoms with van der Waals surface area (Å²) >= 11 is 0. The fraction of sp³-hybridized carbons (Fsp3) is 1.00. The van der Waals surface area contributed by atoms with E-state index in [1.807, 2.05) is 6.92 Å². The molecular formula is C9H21NO3. The van der Waals surface area contributed by atoms with Crippen LogP contribution in [0.3, 0.4) is 0 Å². The van der Waals surface area contributed by atoms with Gasteiger partial charge in [0.2, 0.25) is 0 Å². The maximum absolute atomic E-state index is 9.17. The van der Waals surface area contributed by atoms with Crippen molar-refractivity contribution in [3.63, 3.8) is 0 Å². The summed E-state index contributed by atoms with van der Waals surface area (Å²) in [7, 11) is 0. The van der Waals surface area contributed by atoms with Crippen molar-refractivity contribution < 1.29 is 14.9 Å². The van der Waals surface area contributed by atoms with Gasteiger partial charge in [-0.2, -0.15) is 0 Å². The summed E-state index contributed by atoms with van der Waals surface area (Å²) in [5.41, 5.74) is 0. The third-order valence-corrected chi connectivity index (χ3v) is 1.73. The first-order chi connectivity index (χ1) is 6.31. The minimum atomic E-state index is -0.238. The van der Waals surface area contributed by atoms with Crippen molar-refractivity contribution in [2.75, 3.05) is 32.9 Å². The van der Waals surface area contributed by atoms with Gasteiger partial charge in [-0.3, -0.25) is 0 Å². The Balaban J connectivity index is 2.91. The molecule has 0 rings (SSSR count). The maximum atomic E-state index is 9.17. The molecule has 0 aromatic heterocycles. The fourth-order valence-corrected chi connectivity index (χ4v) is 0.879. The Morgan fingerprint density at radius 3 is 2.77 bits per heavy atom. The zero-order valence-electron chi connectivity index (χ0n) is 8.33. The van der Waals surface area contributed by atoms with Gasteiger partial charge >= 0.3 is 0 Å². The third kappa shape index (κ3) is 9.76. The predicted molar refractivity (Wildman–Crippen MR) is 51.7 cm³/mol. The molecule has 4 nitrogen and oxygen atoms in total. The van der Waals surface area contributed by atoms with E-state index in [9.17, 15) is 5.11 Å². The third-order valence-electron chi connectivity index (χ3n) is 1.73. The number of hydrogen-bond donors (Lipinski definition) is 3. The van der Waals surface area contributed by atoms with Gasteiger partial charge in [0.05, 0.1) is 19.3 Å². The molecule has 0 saturated heterocycles. The van der Waals surface area contributed by atoms with E-state index < -0.39 is 0 Å². The lowest BCUT2D eigenvalue weighted by atomic mass is 10.3. The molecule has 0 bridgehead atoms. The van der Waals surface area contributed by atoms with Gasteiger partial charge in [-0.1, -0.05) is 6.92 Å². The lowest BCUT2D eigenvalue weighted by Gasteiger charge is -2.08. The zero-order valence-corrected chi connectivity index (χ0v) is 8.33. The first-order valence-electron chi connectivity index (χ1n) is 4.88. The summed E-state index contributed by atoms with van der Waals surface area (Å²) in [5.74, 6) is 0. The van der Waals surface area contributed by atoms with Crippen molar-refractivity contribution in [3.05, 3.63) is 0 Å². The lowest BCUT2D eigenvalue weighted by molar-refractivity contribution is 0.0899. The number of rotatable bonds is 9. The SMILES string of the molecule is CCC(O)CNCCCOCCO. The monoisotopic (exact) mass is 191 g/mol. The molecule has 80 valence electrons. The van der Waals surface area contributed by atoms with Gasteiger partial charge in [-0.15, -0.1) is 0 Å². The fourth-order valence-electron chi connectivity index (χ4n) is 0.879. The Morgan fingerprint density at radius 2 is 2.15 bits per heavy atom. The molecule has 0 spiro atoms. The van der Waals surface area contributed by atoms with Crippen LogP contribution in [-0.2, 0) is 4.74 Å². The minimum absolute atomic E-state index is 0.0853. The van der Waals surface area contributed by atoms with Gasteiger partial charge in [-0.05, 0) is 19.4 Å². The summed E-state index contributed by atoms with van der Waals surface area (Å²) in [4.78, 5) is 0. The van der Waals surface area contributed by atoms with E-state index in [1.54, 1.807) is 0 Å². The molecule has 0 radical (unpaired) electrons. The van der Waals surface area contributed by atoms with Crippen molar-refractivity contribution in [3.8, 4) is 0 Å². The quantitative estimate of drug-likeness (QED) is 0.440. The van der Waals surface area contributed by atoms with Crippen LogP contribution in [0.1, 0.15) is 19.8 Å². The molecule has 13 heavy (non-hydrogen) atoms. The molecule has 3 N–H and O–H groups in total. The molecule has 0 heterocycles. The smallest absolute Gasteiger partial charge is 0.0697 e. The topological polar surface area (TPSA) is 61.7 Å². The molecule has 0 amide bonds. The van der Waals surface area contributed by atoms with Crippen molar-refractivity contribution >= 4 is 0 Å². The normalized spacial score (nSPS) is 13.2. The molecule has 0 fully saturated rings. The van der Waals surface area contributed by atoms with Crippen molar-refractivity contribution in [2.45, 2.75) is 25.9 Å². The standard InChI is InChI=1S/C9H21NO3/c1-2-9(12)8-10-4-3-6-13-7-5-11/h9-12H,2-8H2,1H3. The van der Waals surface area contributed by atoms with E-state index in [1.165, 1.54) is 0 Å². The van der Waals surface area contributed by atoms with E-state index in [4.69, 9.17) is 9.84 Å². The Labute approximate surface area is 79.9 Å². The van der Waals surface area contributed by atoms with E-state index >= 15 is 0 Å². The van der Waals surface area contributed by atoms with Crippen molar-refractivity contribution in [1.29, 1.82) is 0 Å². The van der Waals surface area contributed by atoms with Gasteiger partial charge in [0.1, 0.15) is 0 Å². The van der Waals surface area contributed by atoms with Gasteiger partial charge in [0.15, 0.2) is 0 Å². The highest BCUT2D eigenvalue weighted by Gasteiger charge is 1.97. The summed E-state index contributed by atoms with van der Waals surface area (Å²) < 4.78 is 5.06. The van der Waals surface area contributed by atoms with E-state index in [0.717, 1.165) is 19.4 Å². The molecule has 0 saturated carbocycles. The number of ether oxygens (including phenoxy) is 1. The van der Waals surface area contributed by atoms with Crippen LogP contribution in [0.2, 0.25) is 0 Å². The van der Waals surface area contributed by atoms with Crippen molar-refractivity contribution in [1.82, 2.24) is 5.32 Å². The van der Waals surface area contributed by atoms with Gasteiger partial charge in [-0.25, -0.2) is 0 Å². The molecular weight excluding hydrogens is 170 g/mol. The maximum Gasteiger partial charge on any atom is 0.0697 e. The molecule has 4 heteroatoms. The first kappa shape index (κ1) is 12.8. The van der Waals surface area contributed by atoms with Gasteiger partial charge < -0.3 is 20.3 Å². The molecule has 1 atom stereocenters. The van der Waals surface area contributed by atoms with Crippen LogP contribution in [0.4, 0.5) is 0 Å². The first-order valence-corrected chi connectivity index (χ1v) is 4.88. The number of nitrogens with one attached hydrogen (secondary N) is 1. The molecule has 0 aliphatic carbocycles. The van der Waals surface area contributed by atoms with Crippen LogP contribution < -0.4 is 5.32 Å². The second-order valence-electron chi connectivity index (χ2n) is 2.96. The van der Waals surface area contributed by atoms with Gasteiger partial charge in [0, 0.05) is 13.2 Å². The highest BCUT2D eigenvalue weighted by molar-refractivity contribution is 4.56. The average Bonchev–Trinajstić information content (AvgIpc) is 2.16. The van der Waals surface area contributed by atoms with Crippen LogP contribution in [-0.4, -0.2) is 49.2 Å². The van der Waals surface area contributed by atoms with E-state index in [0.29, 0.717) is 19.8 Å². The summed E-state index contributed by atoms with van der Waals surface area (Å²) in [5, 5.41) is 20.7. The highest BCUT2D eigenvalue weighted by Crippen LogP contribution is 1.86. The Hall–Kier alpha value is -0.160. The number of aliphatic hydroxyl groups excluding tert-OH is 2. The summed E-state index contributed by atoms with van der Waals surface area (Å²) in [6.07, 6.45) is 1.46. The second-order valence-corrected chi connectivity index (χ2v) is 2.96. The number of hydrogen-bond acceptors (Lipinski definition) is 4. The van der Waals surface area contributed by atoms with Crippen LogP contribution in [0.5, 0.6) is 0 Å². The van der Waals surface area contributed by atoms with Crippen LogP contribution >= 0.6 is 0 Å². The Morgan fingerprint density at radius 1 is 1.38 bits per heavy atom. The zero-order chi connectivity index (χ0) is 9.94. The van der Waals surface area contributed by atoms with Crippen LogP contribution in [0, 0.1) is 0 Å². The van der Waals surface area contributed by atoms with Crippen LogP contribution in [0.15, 0.2) is 0 Å². The molecule has 0 aromatic carbocycles. The lowest BCUT2D eigenvalue weighted by Crippen LogP contribution is -2.27. The second kappa shape index (κ2) is 9.92. The average molecular weight is 191 g/mol. The molecule has 0 aromatic rings. The highest BCUT2D eigenvalue weighted by atomic mass is 16.5. The predicted octanol–water partition coefficient (Wildman–Crippen LogP) is -0.254. The molecule has 1 unspecified atom stereocenters. The van der Waals surface area contributed by atoms with E-state index in [2.05, 4.69) is 5.32 Å². The van der Waals surface area contributed by atoms with Crippen LogP contribution in [0.25, 0.3) is 0 Å². The van der Waals surface area contributed by atoms with Crippen molar-refractivity contribution in [2.24, 2.45) is 0 Å². The number of aliphatic hydroxyl groups is 2. The largest absolute Gasteiger partial charge is 0.394 e. The van der Waals surface area contributed by atoms with Gasteiger partial charge in [0.25, 0.3) is 0 Å². The molecule has 0 aliphatic rings. The van der Waals surface area contributed by atoms with E-state index in [-0.39, 0.29) is 12.7 Å². The summed E-state index contributed by atoms with van der Waals surface area (Å²) in [6, 6.07) is 0. The Bertz CT molecular complexity index is 101. The minimum Gasteiger partial charge on any atom is -0.394 e. The molecule has 0 aliphatic heterocycles. The Kier molecular flexibility index (Phi) is 9.80.